The molecule has 0 atom stereocenters. The lowest BCUT2D eigenvalue weighted by molar-refractivity contribution is 0.371. The molecule has 2 rings (SSSR count). The fourth-order valence-electron chi connectivity index (χ4n) is 2.35. The predicted molar refractivity (Wildman–Crippen MR) is 93.2 cm³/mol. The number of hydrogen-bond donors (Lipinski definition) is 1. The van der Waals surface area contributed by atoms with Crippen molar-refractivity contribution in [1.29, 1.82) is 0 Å². The van der Waals surface area contributed by atoms with Crippen LogP contribution in [0.3, 0.4) is 0 Å². The topological polar surface area (TPSA) is 75.8 Å². The van der Waals surface area contributed by atoms with E-state index in [1.54, 1.807) is 14.2 Å². The minimum Gasteiger partial charge on any atom is -0.497 e. The Morgan fingerprint density at radius 3 is 2.67 bits per heavy atom. The first-order valence-electron chi connectivity index (χ1n) is 7.96. The summed E-state index contributed by atoms with van der Waals surface area (Å²) in [5.74, 6) is 3.07. The van der Waals surface area contributed by atoms with Crippen LogP contribution >= 0.6 is 0 Å². The molecule has 1 N–H and O–H groups in total. The first-order chi connectivity index (χ1) is 11.6. The average molecular weight is 331 g/mol. The molecule has 0 bridgehead atoms. The van der Waals surface area contributed by atoms with Crippen molar-refractivity contribution in [2.24, 2.45) is 4.99 Å². The van der Waals surface area contributed by atoms with E-state index in [2.05, 4.69) is 37.5 Å². The summed E-state index contributed by atoms with van der Waals surface area (Å²) in [7, 11) is 5.47. The molecule has 1 aromatic carbocycles. The molecule has 0 aliphatic heterocycles. The molecule has 7 heteroatoms. The molecular formula is C17H25N5O2. The maximum Gasteiger partial charge on any atom is 0.226 e. The van der Waals surface area contributed by atoms with Crippen molar-refractivity contribution in [2.45, 2.75) is 26.3 Å². The molecule has 0 amide bonds. The molecule has 7 nitrogen and oxygen atoms in total. The van der Waals surface area contributed by atoms with E-state index < -0.39 is 0 Å². The molecule has 0 spiro atoms. The number of methoxy groups -OCH3 is 1. The van der Waals surface area contributed by atoms with Crippen molar-refractivity contribution < 1.29 is 9.26 Å². The van der Waals surface area contributed by atoms with Crippen LogP contribution in [0.25, 0.3) is 0 Å². The summed E-state index contributed by atoms with van der Waals surface area (Å²) in [5, 5.41) is 7.14. The molecule has 0 saturated heterocycles. The summed E-state index contributed by atoms with van der Waals surface area (Å²) in [4.78, 5) is 10.6. The van der Waals surface area contributed by atoms with Gasteiger partial charge in [-0.05, 0) is 31.0 Å². The van der Waals surface area contributed by atoms with Crippen LogP contribution in [0.4, 0.5) is 0 Å². The van der Waals surface area contributed by atoms with Crippen molar-refractivity contribution in [3.05, 3.63) is 41.5 Å². The van der Waals surface area contributed by atoms with Crippen molar-refractivity contribution in [1.82, 2.24) is 20.4 Å². The highest BCUT2D eigenvalue weighted by atomic mass is 16.5. The Morgan fingerprint density at radius 2 is 2.08 bits per heavy atom. The molecule has 2 aromatic rings. The lowest BCUT2D eigenvalue weighted by Crippen LogP contribution is -2.39. The van der Waals surface area contributed by atoms with Crippen LogP contribution in [-0.2, 0) is 13.0 Å². The molecule has 0 saturated carbocycles. The Balaban J connectivity index is 1.77. The molecule has 1 aromatic heterocycles. The fraction of sp³-hybridized carbons (Fsp3) is 0.471. The van der Waals surface area contributed by atoms with Crippen LogP contribution in [0.15, 0.2) is 33.8 Å². The second-order valence-corrected chi connectivity index (χ2v) is 5.52. The van der Waals surface area contributed by atoms with Gasteiger partial charge in [0.05, 0.1) is 7.11 Å². The van der Waals surface area contributed by atoms with Gasteiger partial charge in [0, 0.05) is 33.6 Å². The maximum absolute atomic E-state index is 5.18. The van der Waals surface area contributed by atoms with Gasteiger partial charge in [-0.15, -0.1) is 0 Å². The number of aromatic nitrogens is 2. The number of nitrogens with one attached hydrogen (secondary N) is 1. The number of rotatable bonds is 7. The van der Waals surface area contributed by atoms with Crippen LogP contribution in [0, 0.1) is 6.92 Å². The third-order valence-corrected chi connectivity index (χ3v) is 3.57. The summed E-state index contributed by atoms with van der Waals surface area (Å²) in [5.41, 5.74) is 1.20. The minimum absolute atomic E-state index is 0.674. The standard InChI is InChI=1S/C17H25N5O2/c1-13-20-16(24-21-13)6-5-11-19-17(18-2)22(3)12-14-7-9-15(23-4)10-8-14/h7-10H,5-6,11-12H2,1-4H3,(H,18,19). The Kier molecular flexibility index (Phi) is 6.60. The number of guanidine groups is 1. The number of nitrogens with zero attached hydrogens (tertiary/aromatic N) is 4. The molecule has 130 valence electrons. The molecule has 1 heterocycles. The molecule has 24 heavy (non-hydrogen) atoms. The van der Waals surface area contributed by atoms with Crippen molar-refractivity contribution >= 4 is 5.96 Å². The van der Waals surface area contributed by atoms with Gasteiger partial charge in [0.2, 0.25) is 5.89 Å². The van der Waals surface area contributed by atoms with Crippen molar-refractivity contribution in [2.75, 3.05) is 27.7 Å². The highest BCUT2D eigenvalue weighted by Gasteiger charge is 2.07. The van der Waals surface area contributed by atoms with Gasteiger partial charge in [0.15, 0.2) is 11.8 Å². The Bertz CT molecular complexity index is 651. The van der Waals surface area contributed by atoms with E-state index in [1.807, 2.05) is 26.1 Å². The first-order valence-corrected chi connectivity index (χ1v) is 7.96. The second-order valence-electron chi connectivity index (χ2n) is 5.52. The number of benzene rings is 1. The predicted octanol–water partition coefficient (Wildman–Crippen LogP) is 2.03. The quantitative estimate of drug-likeness (QED) is 0.475. The number of hydrogen-bond acceptors (Lipinski definition) is 5. The van der Waals surface area contributed by atoms with E-state index in [4.69, 9.17) is 9.26 Å². The van der Waals surface area contributed by atoms with Gasteiger partial charge in [-0.1, -0.05) is 17.3 Å². The van der Waals surface area contributed by atoms with Gasteiger partial charge in [0.1, 0.15) is 5.75 Å². The smallest absolute Gasteiger partial charge is 0.226 e. The zero-order valence-electron chi connectivity index (χ0n) is 14.7. The zero-order valence-corrected chi connectivity index (χ0v) is 14.7. The highest BCUT2D eigenvalue weighted by Crippen LogP contribution is 2.12. The van der Waals surface area contributed by atoms with Crippen molar-refractivity contribution in [3.8, 4) is 5.75 Å². The van der Waals surface area contributed by atoms with Gasteiger partial charge in [0.25, 0.3) is 0 Å². The monoisotopic (exact) mass is 331 g/mol. The lowest BCUT2D eigenvalue weighted by atomic mass is 10.2. The summed E-state index contributed by atoms with van der Waals surface area (Å²) in [6.45, 7) is 3.38. The van der Waals surface area contributed by atoms with Gasteiger partial charge in [-0.2, -0.15) is 4.98 Å². The number of ether oxygens (including phenoxy) is 1. The normalized spacial score (nSPS) is 11.4. The van der Waals surface area contributed by atoms with E-state index >= 15 is 0 Å². The Morgan fingerprint density at radius 1 is 1.33 bits per heavy atom. The zero-order chi connectivity index (χ0) is 17.4. The Hall–Kier alpha value is -2.57. The van der Waals surface area contributed by atoms with Gasteiger partial charge in [-0.3, -0.25) is 4.99 Å². The third kappa shape index (κ3) is 5.26. The van der Waals surface area contributed by atoms with E-state index in [0.29, 0.717) is 11.7 Å². The summed E-state index contributed by atoms with van der Waals surface area (Å²) in [6, 6.07) is 8.04. The van der Waals surface area contributed by atoms with Crippen LogP contribution < -0.4 is 10.1 Å². The molecular weight excluding hydrogens is 306 g/mol. The first kappa shape index (κ1) is 17.8. The average Bonchev–Trinajstić information content (AvgIpc) is 3.01. The van der Waals surface area contributed by atoms with Gasteiger partial charge < -0.3 is 19.5 Å². The second kappa shape index (κ2) is 8.90. The van der Waals surface area contributed by atoms with E-state index in [0.717, 1.165) is 37.6 Å². The number of aryl methyl sites for hydroxylation is 2. The lowest BCUT2D eigenvalue weighted by Gasteiger charge is -2.22. The number of aliphatic imine (C=N–C) groups is 1. The molecule has 0 radical (unpaired) electrons. The summed E-state index contributed by atoms with van der Waals surface area (Å²) in [6.07, 6.45) is 1.66. The van der Waals surface area contributed by atoms with E-state index in [9.17, 15) is 0 Å². The highest BCUT2D eigenvalue weighted by molar-refractivity contribution is 5.79. The summed E-state index contributed by atoms with van der Waals surface area (Å²) < 4.78 is 10.3. The molecule has 0 fully saturated rings. The van der Waals surface area contributed by atoms with E-state index in [-0.39, 0.29) is 0 Å². The summed E-state index contributed by atoms with van der Waals surface area (Å²) >= 11 is 0. The van der Waals surface area contributed by atoms with E-state index in [1.165, 1.54) is 5.56 Å². The largest absolute Gasteiger partial charge is 0.497 e. The Labute approximate surface area is 142 Å². The van der Waals surface area contributed by atoms with Crippen LogP contribution in [0.1, 0.15) is 23.7 Å². The SMILES string of the molecule is CN=C(NCCCc1nc(C)no1)N(C)Cc1ccc(OC)cc1. The van der Waals surface area contributed by atoms with Crippen LogP contribution in [0.2, 0.25) is 0 Å². The van der Waals surface area contributed by atoms with Crippen molar-refractivity contribution in [3.63, 3.8) is 0 Å². The minimum atomic E-state index is 0.674. The third-order valence-electron chi connectivity index (χ3n) is 3.57. The van der Waals surface area contributed by atoms with Gasteiger partial charge in [-0.25, -0.2) is 0 Å². The van der Waals surface area contributed by atoms with Gasteiger partial charge >= 0.3 is 0 Å². The molecule has 0 aliphatic rings. The molecule has 0 aliphatic carbocycles. The van der Waals surface area contributed by atoms with Crippen LogP contribution in [0.5, 0.6) is 5.75 Å². The fourth-order valence-corrected chi connectivity index (χ4v) is 2.35. The van der Waals surface area contributed by atoms with Crippen LogP contribution in [-0.4, -0.2) is 48.8 Å². The molecule has 0 unspecified atom stereocenters. The maximum atomic E-state index is 5.18.